The van der Waals surface area contributed by atoms with Gasteiger partial charge in [0.25, 0.3) is 10.0 Å². The van der Waals surface area contributed by atoms with Crippen LogP contribution in [0.5, 0.6) is 5.75 Å². The van der Waals surface area contributed by atoms with Gasteiger partial charge in [0.1, 0.15) is 12.4 Å². The number of rotatable bonds is 7. The zero-order valence-electron chi connectivity index (χ0n) is 13.2. The number of hydrogen-bond acceptors (Lipinski definition) is 6. The second kappa shape index (κ2) is 7.67. The number of ether oxygens (including phenoxy) is 1. The van der Waals surface area contributed by atoms with Crippen molar-refractivity contribution in [2.45, 2.75) is 11.8 Å². The Balaban J connectivity index is 2.14. The van der Waals surface area contributed by atoms with E-state index in [1.807, 2.05) is 0 Å². The summed E-state index contributed by atoms with van der Waals surface area (Å²) in [6.07, 6.45) is 0. The second-order valence-corrected chi connectivity index (χ2v) is 6.68. The predicted molar refractivity (Wildman–Crippen MR) is 88.5 cm³/mol. The highest BCUT2D eigenvalue weighted by Gasteiger charge is 2.14. The van der Waals surface area contributed by atoms with Gasteiger partial charge in [-0.25, -0.2) is 8.42 Å². The first-order valence-corrected chi connectivity index (χ1v) is 8.58. The van der Waals surface area contributed by atoms with Crippen molar-refractivity contribution in [3.8, 4) is 5.75 Å². The lowest BCUT2D eigenvalue weighted by molar-refractivity contribution is -0.307. The van der Waals surface area contributed by atoms with Gasteiger partial charge >= 0.3 is 0 Å². The fourth-order valence-corrected chi connectivity index (χ4v) is 2.98. The predicted octanol–water partition coefficient (Wildman–Crippen LogP) is 0.574. The topological polar surface area (TPSA) is 125 Å². The molecular formula is C16H15N2O6S-. The average Bonchev–Trinajstić information content (AvgIpc) is 2.53. The Morgan fingerprint density at radius 2 is 1.76 bits per heavy atom. The third kappa shape index (κ3) is 5.50. The second-order valence-electron chi connectivity index (χ2n) is 5.00. The molecule has 8 nitrogen and oxygen atoms in total. The van der Waals surface area contributed by atoms with Crippen molar-refractivity contribution < 1.29 is 27.9 Å². The van der Waals surface area contributed by atoms with Gasteiger partial charge in [-0.1, -0.05) is 6.07 Å². The first kappa shape index (κ1) is 18.3. The minimum atomic E-state index is -3.85. The fraction of sp³-hybridized carbons (Fsp3) is 0.125. The van der Waals surface area contributed by atoms with E-state index in [0.29, 0.717) is 5.69 Å². The van der Waals surface area contributed by atoms with Crippen molar-refractivity contribution in [3.05, 3.63) is 48.5 Å². The minimum absolute atomic E-state index is 0.00246. The van der Waals surface area contributed by atoms with Crippen LogP contribution in [-0.2, 0) is 19.6 Å². The molecule has 0 bridgehead atoms. The van der Waals surface area contributed by atoms with Crippen molar-refractivity contribution in [1.29, 1.82) is 0 Å². The molecule has 0 saturated heterocycles. The van der Waals surface area contributed by atoms with Crippen LogP contribution in [0.2, 0.25) is 0 Å². The van der Waals surface area contributed by atoms with Crippen molar-refractivity contribution in [2.75, 3.05) is 16.6 Å². The standard InChI is InChI=1S/C16H16N2O6S/c1-11(19)17-12-5-7-15(8-6-12)25(22,23)18-13-3-2-4-14(9-13)24-10-16(20)21/h2-9,18H,10H2,1H3,(H,17,19)(H,20,21)/p-1. The van der Waals surface area contributed by atoms with E-state index in [1.54, 1.807) is 0 Å². The summed E-state index contributed by atoms with van der Waals surface area (Å²) < 4.78 is 32.0. The number of carbonyl (C=O) groups is 2. The van der Waals surface area contributed by atoms with Crippen LogP contribution in [0.1, 0.15) is 6.92 Å². The molecule has 25 heavy (non-hydrogen) atoms. The normalized spacial score (nSPS) is 10.8. The number of carboxylic acids is 1. The van der Waals surface area contributed by atoms with Gasteiger partial charge in [-0.05, 0) is 36.4 Å². The average molecular weight is 363 g/mol. The molecule has 0 atom stereocenters. The molecule has 2 aromatic rings. The molecule has 0 fully saturated rings. The molecule has 1 amide bonds. The lowest BCUT2D eigenvalue weighted by Gasteiger charge is -2.11. The van der Waals surface area contributed by atoms with E-state index in [-0.39, 0.29) is 22.2 Å². The summed E-state index contributed by atoms with van der Waals surface area (Å²) in [4.78, 5) is 21.4. The van der Waals surface area contributed by atoms with Gasteiger partial charge in [-0.2, -0.15) is 0 Å². The Labute approximate surface area is 144 Å². The number of benzene rings is 2. The van der Waals surface area contributed by atoms with E-state index in [0.717, 1.165) is 0 Å². The van der Waals surface area contributed by atoms with E-state index in [1.165, 1.54) is 55.5 Å². The van der Waals surface area contributed by atoms with E-state index < -0.39 is 22.6 Å². The molecular weight excluding hydrogens is 348 g/mol. The maximum Gasteiger partial charge on any atom is 0.261 e. The molecule has 0 radical (unpaired) electrons. The highest BCUT2D eigenvalue weighted by molar-refractivity contribution is 7.92. The van der Waals surface area contributed by atoms with Crippen LogP contribution < -0.4 is 19.9 Å². The summed E-state index contributed by atoms with van der Waals surface area (Å²) in [7, 11) is -3.85. The number of carboxylic acid groups (broad SMARTS) is 1. The lowest BCUT2D eigenvalue weighted by Crippen LogP contribution is -2.28. The molecule has 0 spiro atoms. The monoisotopic (exact) mass is 363 g/mol. The van der Waals surface area contributed by atoms with E-state index in [2.05, 4.69) is 10.0 Å². The first-order chi connectivity index (χ1) is 11.8. The molecule has 9 heteroatoms. The van der Waals surface area contributed by atoms with E-state index >= 15 is 0 Å². The van der Waals surface area contributed by atoms with Crippen LogP contribution >= 0.6 is 0 Å². The SMILES string of the molecule is CC(=O)Nc1ccc(S(=O)(=O)Nc2cccc(OCC(=O)[O-])c2)cc1. The third-order valence-electron chi connectivity index (χ3n) is 2.93. The van der Waals surface area contributed by atoms with Crippen LogP contribution in [0.3, 0.4) is 0 Å². The lowest BCUT2D eigenvalue weighted by atomic mass is 10.3. The Bertz CT molecular complexity index is 878. The number of amides is 1. The molecule has 0 unspecified atom stereocenters. The van der Waals surface area contributed by atoms with E-state index in [4.69, 9.17) is 4.74 Å². The van der Waals surface area contributed by atoms with Gasteiger partial charge in [-0.15, -0.1) is 0 Å². The van der Waals surface area contributed by atoms with Crippen LogP contribution in [0.25, 0.3) is 0 Å². The van der Waals surface area contributed by atoms with Crippen molar-refractivity contribution >= 4 is 33.3 Å². The summed E-state index contributed by atoms with van der Waals surface area (Å²) >= 11 is 0. The summed E-state index contributed by atoms with van der Waals surface area (Å²) in [6.45, 7) is 0.711. The Hall–Kier alpha value is -3.07. The van der Waals surface area contributed by atoms with Crippen LogP contribution in [0.4, 0.5) is 11.4 Å². The number of hydrogen-bond donors (Lipinski definition) is 2. The van der Waals surface area contributed by atoms with Gasteiger partial charge in [0, 0.05) is 18.7 Å². The van der Waals surface area contributed by atoms with Gasteiger partial charge in [-0.3, -0.25) is 9.52 Å². The first-order valence-electron chi connectivity index (χ1n) is 7.09. The van der Waals surface area contributed by atoms with Crippen molar-refractivity contribution in [1.82, 2.24) is 0 Å². The number of nitrogens with one attached hydrogen (secondary N) is 2. The number of anilines is 2. The molecule has 2 aromatic carbocycles. The number of aliphatic carboxylic acids is 1. The minimum Gasteiger partial charge on any atom is -0.546 e. The summed E-state index contributed by atoms with van der Waals surface area (Å²) in [6, 6.07) is 11.5. The maximum atomic E-state index is 12.4. The third-order valence-corrected chi connectivity index (χ3v) is 4.33. The Morgan fingerprint density at radius 3 is 2.36 bits per heavy atom. The van der Waals surface area contributed by atoms with Gasteiger partial charge in [0.15, 0.2) is 0 Å². The number of sulfonamides is 1. The largest absolute Gasteiger partial charge is 0.546 e. The quantitative estimate of drug-likeness (QED) is 0.741. The number of carbonyl (C=O) groups excluding carboxylic acids is 2. The highest BCUT2D eigenvalue weighted by atomic mass is 32.2. The molecule has 0 aliphatic carbocycles. The molecule has 2 rings (SSSR count). The molecule has 132 valence electrons. The van der Waals surface area contributed by atoms with Crippen molar-refractivity contribution in [3.63, 3.8) is 0 Å². The summed E-state index contributed by atoms with van der Waals surface area (Å²) in [5, 5.41) is 12.9. The van der Waals surface area contributed by atoms with Gasteiger partial charge in [0.05, 0.1) is 16.6 Å². The Morgan fingerprint density at radius 1 is 1.08 bits per heavy atom. The fourth-order valence-electron chi connectivity index (χ4n) is 1.93. The van der Waals surface area contributed by atoms with Crippen LogP contribution in [0.15, 0.2) is 53.4 Å². The zero-order chi connectivity index (χ0) is 18.4. The van der Waals surface area contributed by atoms with Crippen molar-refractivity contribution in [2.24, 2.45) is 0 Å². The smallest absolute Gasteiger partial charge is 0.261 e. The van der Waals surface area contributed by atoms with Gasteiger partial charge in [0.2, 0.25) is 5.91 Å². The zero-order valence-corrected chi connectivity index (χ0v) is 14.0. The molecule has 2 N–H and O–H groups in total. The summed E-state index contributed by atoms with van der Waals surface area (Å²) in [5.41, 5.74) is 0.686. The van der Waals surface area contributed by atoms with E-state index in [9.17, 15) is 23.1 Å². The van der Waals surface area contributed by atoms with Gasteiger partial charge < -0.3 is 20.0 Å². The van der Waals surface area contributed by atoms with Crippen LogP contribution in [0, 0.1) is 0 Å². The molecule has 0 aromatic heterocycles. The maximum absolute atomic E-state index is 12.4. The molecule has 0 aliphatic heterocycles. The molecule has 0 heterocycles. The summed E-state index contributed by atoms with van der Waals surface area (Å²) in [5.74, 6) is -1.46. The molecule has 0 aliphatic rings. The molecule has 0 saturated carbocycles. The van der Waals surface area contributed by atoms with Crippen LogP contribution in [-0.4, -0.2) is 26.9 Å². The highest BCUT2D eigenvalue weighted by Crippen LogP contribution is 2.21. The Kier molecular flexibility index (Phi) is 5.60.